The molecule has 1 radical (unpaired) electrons. The molecule has 0 spiro atoms. The number of ether oxygens (including phenoxy) is 2. The lowest BCUT2D eigenvalue weighted by Gasteiger charge is -2.24. The lowest BCUT2D eigenvalue weighted by atomic mass is 10.1. The molecule has 0 bridgehead atoms. The van der Waals surface area contributed by atoms with E-state index in [0.29, 0.717) is 0 Å². The Labute approximate surface area is 144 Å². The molecule has 0 saturated carbocycles. The summed E-state index contributed by atoms with van der Waals surface area (Å²) in [5, 5.41) is 1.59. The van der Waals surface area contributed by atoms with E-state index in [4.69, 9.17) is 9.47 Å². The standard InChI is InChI=1S/C20H33O2Si/c1-16(2)23(17(3)4)19-11-7-9-18(15-19)10-8-14-22-20-12-5-6-13-21-20/h7,9,11,15-17,20H,5-6,8,10,12-14H2,1-4H3. The van der Waals surface area contributed by atoms with Crippen molar-refractivity contribution in [3.05, 3.63) is 29.8 Å². The van der Waals surface area contributed by atoms with Gasteiger partial charge in [-0.05, 0) is 48.7 Å². The number of hydrogen-bond donors (Lipinski definition) is 0. The summed E-state index contributed by atoms with van der Waals surface area (Å²) in [5.74, 6) is 0. The van der Waals surface area contributed by atoms with Crippen LogP contribution >= 0.6 is 0 Å². The maximum atomic E-state index is 5.84. The fourth-order valence-corrected chi connectivity index (χ4v) is 6.88. The summed E-state index contributed by atoms with van der Waals surface area (Å²) >= 11 is 0. The Kier molecular flexibility index (Phi) is 7.81. The lowest BCUT2D eigenvalue weighted by molar-refractivity contribution is -0.162. The van der Waals surface area contributed by atoms with Crippen LogP contribution in [0.2, 0.25) is 11.1 Å². The smallest absolute Gasteiger partial charge is 0.157 e. The number of hydrogen-bond acceptors (Lipinski definition) is 2. The van der Waals surface area contributed by atoms with E-state index in [1.807, 2.05) is 0 Å². The molecule has 1 heterocycles. The second kappa shape index (κ2) is 9.60. The molecule has 129 valence electrons. The van der Waals surface area contributed by atoms with E-state index in [9.17, 15) is 0 Å². The van der Waals surface area contributed by atoms with Crippen LogP contribution in [0.15, 0.2) is 24.3 Å². The molecule has 1 aliphatic heterocycles. The summed E-state index contributed by atoms with van der Waals surface area (Å²) in [4.78, 5) is 0. The first kappa shape index (κ1) is 18.7. The van der Waals surface area contributed by atoms with Gasteiger partial charge in [-0.25, -0.2) is 0 Å². The van der Waals surface area contributed by atoms with Crippen LogP contribution in [-0.2, 0) is 15.9 Å². The Morgan fingerprint density at radius 3 is 2.61 bits per heavy atom. The predicted octanol–water partition coefficient (Wildman–Crippen LogP) is 4.68. The third-order valence-electron chi connectivity index (χ3n) is 4.56. The van der Waals surface area contributed by atoms with Crippen LogP contribution in [0.1, 0.15) is 58.9 Å². The maximum Gasteiger partial charge on any atom is 0.157 e. The van der Waals surface area contributed by atoms with Gasteiger partial charge >= 0.3 is 0 Å². The molecule has 1 atom stereocenters. The molecule has 0 amide bonds. The molecule has 1 aliphatic rings. The summed E-state index contributed by atoms with van der Waals surface area (Å²) in [6.45, 7) is 11.2. The van der Waals surface area contributed by atoms with Gasteiger partial charge in [-0.3, -0.25) is 0 Å². The van der Waals surface area contributed by atoms with Gasteiger partial charge in [0.15, 0.2) is 6.29 Å². The summed E-state index contributed by atoms with van der Waals surface area (Å²) in [6, 6.07) is 9.29. The van der Waals surface area contributed by atoms with Crippen LogP contribution in [0.3, 0.4) is 0 Å². The summed E-state index contributed by atoms with van der Waals surface area (Å²) in [6.07, 6.45) is 5.71. The molecule has 2 rings (SSSR count). The molecule has 1 aromatic rings. The minimum absolute atomic E-state index is 0.0479. The third-order valence-corrected chi connectivity index (χ3v) is 8.02. The molecule has 1 aromatic carbocycles. The van der Waals surface area contributed by atoms with Crippen molar-refractivity contribution in [3.63, 3.8) is 0 Å². The largest absolute Gasteiger partial charge is 0.353 e. The SMILES string of the molecule is CC(C)[Si](c1cccc(CCCOC2CCCCO2)c1)C(C)C. The minimum atomic E-state index is -0.476. The third kappa shape index (κ3) is 6.05. The number of benzene rings is 1. The first-order valence-electron chi connectivity index (χ1n) is 9.27. The van der Waals surface area contributed by atoms with Crippen molar-refractivity contribution >= 4 is 14.0 Å². The van der Waals surface area contributed by atoms with Crippen LogP contribution in [0.25, 0.3) is 0 Å². The molecule has 0 aliphatic carbocycles. The molecular weight excluding hydrogens is 300 g/mol. The number of aryl methyl sites for hydroxylation is 1. The molecule has 23 heavy (non-hydrogen) atoms. The van der Waals surface area contributed by atoms with Gasteiger partial charge in [0, 0.05) is 6.61 Å². The van der Waals surface area contributed by atoms with Crippen LogP contribution in [-0.4, -0.2) is 28.3 Å². The Bertz CT molecular complexity index is 445. The molecule has 0 aromatic heterocycles. The highest BCUT2D eigenvalue weighted by Crippen LogP contribution is 2.20. The topological polar surface area (TPSA) is 18.5 Å². The van der Waals surface area contributed by atoms with E-state index in [0.717, 1.165) is 43.6 Å². The van der Waals surface area contributed by atoms with Gasteiger partial charge in [-0.15, -0.1) is 0 Å². The monoisotopic (exact) mass is 333 g/mol. The van der Waals surface area contributed by atoms with Gasteiger partial charge in [0.2, 0.25) is 0 Å². The first-order chi connectivity index (χ1) is 11.1. The van der Waals surface area contributed by atoms with Crippen LogP contribution in [0.4, 0.5) is 0 Å². The summed E-state index contributed by atoms with van der Waals surface area (Å²) in [7, 11) is -0.476. The van der Waals surface area contributed by atoms with E-state index >= 15 is 0 Å². The molecule has 3 heteroatoms. The van der Waals surface area contributed by atoms with Crippen LogP contribution in [0.5, 0.6) is 0 Å². The van der Waals surface area contributed by atoms with Gasteiger partial charge in [-0.1, -0.05) is 57.1 Å². The fourth-order valence-electron chi connectivity index (χ4n) is 3.57. The highest BCUT2D eigenvalue weighted by atomic mass is 28.3. The zero-order chi connectivity index (χ0) is 16.7. The predicted molar refractivity (Wildman–Crippen MR) is 99.9 cm³/mol. The highest BCUT2D eigenvalue weighted by Gasteiger charge is 2.22. The van der Waals surface area contributed by atoms with E-state index in [1.165, 1.54) is 18.4 Å². The quantitative estimate of drug-likeness (QED) is 0.508. The van der Waals surface area contributed by atoms with Gasteiger partial charge in [0.05, 0.1) is 15.4 Å². The Balaban J connectivity index is 1.82. The molecular formula is C20H33O2Si. The summed E-state index contributed by atoms with van der Waals surface area (Å²) in [5.41, 5.74) is 3.02. The molecule has 2 nitrogen and oxygen atoms in total. The zero-order valence-electron chi connectivity index (χ0n) is 15.3. The second-order valence-electron chi connectivity index (χ2n) is 7.24. The minimum Gasteiger partial charge on any atom is -0.353 e. The van der Waals surface area contributed by atoms with Gasteiger partial charge in [-0.2, -0.15) is 0 Å². The van der Waals surface area contributed by atoms with Crippen LogP contribution < -0.4 is 5.19 Å². The average Bonchev–Trinajstić information content (AvgIpc) is 2.52. The van der Waals surface area contributed by atoms with Crippen LogP contribution in [0, 0.1) is 0 Å². The van der Waals surface area contributed by atoms with Gasteiger partial charge < -0.3 is 9.47 Å². The normalized spacial score (nSPS) is 19.0. The van der Waals surface area contributed by atoms with E-state index in [2.05, 4.69) is 52.0 Å². The molecule has 1 fully saturated rings. The fraction of sp³-hybridized carbons (Fsp3) is 0.700. The van der Waals surface area contributed by atoms with Gasteiger partial charge in [0.25, 0.3) is 0 Å². The van der Waals surface area contributed by atoms with E-state index < -0.39 is 8.80 Å². The molecule has 1 unspecified atom stereocenters. The second-order valence-corrected chi connectivity index (χ2v) is 11.0. The molecule has 1 saturated heterocycles. The van der Waals surface area contributed by atoms with Crippen molar-refractivity contribution in [1.29, 1.82) is 0 Å². The van der Waals surface area contributed by atoms with Gasteiger partial charge in [0.1, 0.15) is 0 Å². The lowest BCUT2D eigenvalue weighted by Crippen LogP contribution is -2.36. The Hall–Kier alpha value is -0.643. The van der Waals surface area contributed by atoms with Crippen molar-refractivity contribution in [1.82, 2.24) is 0 Å². The van der Waals surface area contributed by atoms with Crippen molar-refractivity contribution in [2.24, 2.45) is 0 Å². The Morgan fingerprint density at radius 2 is 1.96 bits per heavy atom. The van der Waals surface area contributed by atoms with E-state index in [-0.39, 0.29) is 6.29 Å². The summed E-state index contributed by atoms with van der Waals surface area (Å²) < 4.78 is 11.5. The van der Waals surface area contributed by atoms with Crippen molar-refractivity contribution in [3.8, 4) is 0 Å². The highest BCUT2D eigenvalue weighted by molar-refractivity contribution is 6.75. The number of rotatable bonds is 8. The van der Waals surface area contributed by atoms with Crippen molar-refractivity contribution < 1.29 is 9.47 Å². The van der Waals surface area contributed by atoms with Crippen molar-refractivity contribution in [2.75, 3.05) is 13.2 Å². The average molecular weight is 334 g/mol. The molecule has 0 N–H and O–H groups in total. The maximum absolute atomic E-state index is 5.84. The van der Waals surface area contributed by atoms with E-state index in [1.54, 1.807) is 5.19 Å². The van der Waals surface area contributed by atoms with Crippen molar-refractivity contribution in [2.45, 2.75) is 77.2 Å². The zero-order valence-corrected chi connectivity index (χ0v) is 16.3. The Morgan fingerprint density at radius 1 is 1.17 bits per heavy atom. The first-order valence-corrected chi connectivity index (χ1v) is 10.9.